The van der Waals surface area contributed by atoms with Crippen LogP contribution in [0.4, 0.5) is 11.4 Å². The first-order valence-electron chi connectivity index (χ1n) is 5.89. The van der Waals surface area contributed by atoms with E-state index in [2.05, 4.69) is 0 Å². The summed E-state index contributed by atoms with van der Waals surface area (Å²) in [6, 6.07) is 9.97. The molecule has 0 saturated carbocycles. The van der Waals surface area contributed by atoms with E-state index in [0.29, 0.717) is 22.9 Å². The third-order valence-electron chi connectivity index (χ3n) is 2.80. The van der Waals surface area contributed by atoms with E-state index in [1.807, 2.05) is 12.1 Å². The molecule has 0 unspecified atom stereocenters. The zero-order valence-corrected chi connectivity index (χ0v) is 11.6. The van der Waals surface area contributed by atoms with Gasteiger partial charge in [0.15, 0.2) is 0 Å². The number of nitrogens with two attached hydrogens (primary N) is 1. The van der Waals surface area contributed by atoms with Gasteiger partial charge in [-0.15, -0.1) is 0 Å². The van der Waals surface area contributed by atoms with Crippen LogP contribution in [0.25, 0.3) is 0 Å². The van der Waals surface area contributed by atoms with Gasteiger partial charge in [0.2, 0.25) is 0 Å². The molecule has 20 heavy (non-hydrogen) atoms. The van der Waals surface area contributed by atoms with E-state index < -0.39 is 4.92 Å². The number of hydrogen-bond donors (Lipinski definition) is 1. The minimum atomic E-state index is -0.480. The maximum absolute atomic E-state index is 10.7. The Morgan fingerprint density at radius 2 is 1.95 bits per heavy atom. The molecule has 0 radical (unpaired) electrons. The van der Waals surface area contributed by atoms with Crippen LogP contribution in [0.1, 0.15) is 11.1 Å². The van der Waals surface area contributed by atoms with Crippen LogP contribution in [0.3, 0.4) is 0 Å². The Kier molecular flexibility index (Phi) is 4.10. The Hall–Kier alpha value is -2.27. The van der Waals surface area contributed by atoms with Gasteiger partial charge in [0.05, 0.1) is 10.6 Å². The lowest BCUT2D eigenvalue weighted by Crippen LogP contribution is -2.02. The number of nitro groups is 1. The number of aryl methyl sites for hydroxylation is 1. The summed E-state index contributed by atoms with van der Waals surface area (Å²) in [5.41, 5.74) is 7.58. The lowest BCUT2D eigenvalue weighted by molar-refractivity contribution is -0.384. The molecule has 0 aliphatic heterocycles. The van der Waals surface area contributed by atoms with Crippen LogP contribution in [0.15, 0.2) is 36.4 Å². The second-order valence-electron chi connectivity index (χ2n) is 4.35. The van der Waals surface area contributed by atoms with Crippen molar-refractivity contribution in [2.75, 3.05) is 5.73 Å². The van der Waals surface area contributed by atoms with E-state index in [0.717, 1.165) is 5.56 Å². The molecule has 0 aliphatic carbocycles. The van der Waals surface area contributed by atoms with Crippen molar-refractivity contribution in [1.29, 1.82) is 0 Å². The minimum Gasteiger partial charge on any atom is -0.486 e. The molecule has 2 rings (SSSR count). The number of nitrogen functional groups attached to an aromatic ring is 1. The summed E-state index contributed by atoms with van der Waals surface area (Å²) in [4.78, 5) is 10.2. The number of nitro benzene ring substituents is 1. The van der Waals surface area contributed by atoms with E-state index >= 15 is 0 Å². The molecule has 2 aromatic carbocycles. The number of nitrogens with zero attached hydrogens (tertiary/aromatic N) is 1. The second kappa shape index (κ2) is 5.79. The maximum atomic E-state index is 10.7. The van der Waals surface area contributed by atoms with E-state index in [4.69, 9.17) is 22.1 Å². The molecule has 0 aliphatic rings. The Balaban J connectivity index is 2.17. The van der Waals surface area contributed by atoms with E-state index in [1.54, 1.807) is 19.1 Å². The minimum absolute atomic E-state index is 0.0427. The molecule has 0 saturated heterocycles. The Morgan fingerprint density at radius 3 is 2.50 bits per heavy atom. The first-order chi connectivity index (χ1) is 9.47. The van der Waals surface area contributed by atoms with Crippen LogP contribution in [-0.2, 0) is 6.61 Å². The fourth-order valence-electron chi connectivity index (χ4n) is 1.82. The molecular formula is C14H13ClN2O3. The molecule has 0 fully saturated rings. The fraction of sp³-hybridized carbons (Fsp3) is 0.143. The van der Waals surface area contributed by atoms with Gasteiger partial charge in [-0.05, 0) is 30.2 Å². The quantitative estimate of drug-likeness (QED) is 0.529. The lowest BCUT2D eigenvalue weighted by atomic mass is 10.1. The summed E-state index contributed by atoms with van der Waals surface area (Å²) in [6.07, 6.45) is 0. The van der Waals surface area contributed by atoms with Crippen molar-refractivity contribution >= 4 is 23.0 Å². The van der Waals surface area contributed by atoms with Gasteiger partial charge < -0.3 is 10.5 Å². The van der Waals surface area contributed by atoms with Crippen molar-refractivity contribution in [3.63, 3.8) is 0 Å². The van der Waals surface area contributed by atoms with Gasteiger partial charge in [-0.1, -0.05) is 23.7 Å². The number of ether oxygens (including phenoxy) is 1. The number of benzene rings is 2. The van der Waals surface area contributed by atoms with E-state index in [-0.39, 0.29) is 11.4 Å². The predicted molar refractivity (Wildman–Crippen MR) is 78.0 cm³/mol. The second-order valence-corrected chi connectivity index (χ2v) is 4.79. The van der Waals surface area contributed by atoms with E-state index in [1.165, 1.54) is 12.1 Å². The van der Waals surface area contributed by atoms with Crippen molar-refractivity contribution in [2.24, 2.45) is 0 Å². The molecule has 5 nitrogen and oxygen atoms in total. The van der Waals surface area contributed by atoms with Gasteiger partial charge in [0, 0.05) is 17.2 Å². The molecule has 0 spiro atoms. The van der Waals surface area contributed by atoms with Gasteiger partial charge in [-0.2, -0.15) is 0 Å². The van der Waals surface area contributed by atoms with Crippen molar-refractivity contribution in [1.82, 2.24) is 0 Å². The zero-order chi connectivity index (χ0) is 14.7. The summed E-state index contributed by atoms with van der Waals surface area (Å²) in [7, 11) is 0. The summed E-state index contributed by atoms with van der Waals surface area (Å²) < 4.78 is 5.64. The highest BCUT2D eigenvalue weighted by Crippen LogP contribution is 2.31. The summed E-state index contributed by atoms with van der Waals surface area (Å²) >= 11 is 5.80. The molecule has 0 aromatic heterocycles. The summed E-state index contributed by atoms with van der Waals surface area (Å²) in [6.45, 7) is 2.04. The Labute approximate surface area is 121 Å². The number of non-ortho nitro benzene ring substituents is 1. The standard InChI is InChI=1S/C14H13ClN2O3/c1-9-6-12(17(18)19)7-13(16)14(9)20-8-10-2-4-11(15)5-3-10/h2-7H,8,16H2,1H3. The van der Waals surface area contributed by atoms with Crippen molar-refractivity contribution in [2.45, 2.75) is 13.5 Å². The molecule has 2 N–H and O–H groups in total. The van der Waals surface area contributed by atoms with Crippen LogP contribution in [0.5, 0.6) is 5.75 Å². The monoisotopic (exact) mass is 292 g/mol. The largest absolute Gasteiger partial charge is 0.486 e. The van der Waals surface area contributed by atoms with Gasteiger partial charge in [0.1, 0.15) is 12.4 Å². The number of halogens is 1. The Bertz CT molecular complexity index is 618. The average molecular weight is 293 g/mol. The zero-order valence-electron chi connectivity index (χ0n) is 10.8. The number of hydrogen-bond acceptors (Lipinski definition) is 4. The SMILES string of the molecule is Cc1cc([N+](=O)[O-])cc(N)c1OCc1ccc(Cl)cc1. The third-order valence-corrected chi connectivity index (χ3v) is 3.05. The normalized spacial score (nSPS) is 10.3. The smallest absolute Gasteiger partial charge is 0.272 e. The van der Waals surface area contributed by atoms with Gasteiger partial charge in [-0.3, -0.25) is 10.1 Å². The molecular weight excluding hydrogens is 280 g/mol. The first-order valence-corrected chi connectivity index (χ1v) is 6.27. The first kappa shape index (κ1) is 14.1. The molecule has 0 bridgehead atoms. The van der Waals surface area contributed by atoms with E-state index in [9.17, 15) is 10.1 Å². The molecule has 0 atom stereocenters. The van der Waals surface area contributed by atoms with Crippen LogP contribution in [0.2, 0.25) is 5.02 Å². The molecule has 6 heteroatoms. The number of anilines is 1. The Morgan fingerprint density at radius 1 is 1.30 bits per heavy atom. The molecule has 104 valence electrons. The van der Waals surface area contributed by atoms with Gasteiger partial charge in [0.25, 0.3) is 5.69 Å². The fourth-order valence-corrected chi connectivity index (χ4v) is 1.95. The van der Waals surface area contributed by atoms with Crippen molar-refractivity contribution in [3.8, 4) is 5.75 Å². The van der Waals surface area contributed by atoms with Crippen molar-refractivity contribution < 1.29 is 9.66 Å². The topological polar surface area (TPSA) is 78.4 Å². The number of rotatable bonds is 4. The van der Waals surface area contributed by atoms with Crippen LogP contribution in [0, 0.1) is 17.0 Å². The summed E-state index contributed by atoms with van der Waals surface area (Å²) in [5, 5.41) is 11.4. The molecule has 0 heterocycles. The highest BCUT2D eigenvalue weighted by Gasteiger charge is 2.13. The van der Waals surface area contributed by atoms with Crippen molar-refractivity contribution in [3.05, 3.63) is 62.7 Å². The van der Waals surface area contributed by atoms with Crippen LogP contribution in [-0.4, -0.2) is 4.92 Å². The van der Waals surface area contributed by atoms with Gasteiger partial charge >= 0.3 is 0 Å². The highest BCUT2D eigenvalue weighted by atomic mass is 35.5. The third kappa shape index (κ3) is 3.19. The predicted octanol–water partition coefficient (Wildman–Crippen LogP) is 3.72. The molecule has 2 aromatic rings. The van der Waals surface area contributed by atoms with Crippen LogP contribution < -0.4 is 10.5 Å². The highest BCUT2D eigenvalue weighted by molar-refractivity contribution is 6.30. The average Bonchev–Trinajstić information content (AvgIpc) is 2.39. The lowest BCUT2D eigenvalue weighted by Gasteiger charge is -2.11. The van der Waals surface area contributed by atoms with Gasteiger partial charge in [-0.25, -0.2) is 0 Å². The summed E-state index contributed by atoms with van der Waals surface area (Å²) in [5.74, 6) is 0.463. The maximum Gasteiger partial charge on any atom is 0.272 e. The van der Waals surface area contributed by atoms with Crippen LogP contribution >= 0.6 is 11.6 Å². The molecule has 0 amide bonds.